The zero-order valence-corrected chi connectivity index (χ0v) is 17.8. The molecule has 2 aromatic rings. The Bertz CT molecular complexity index is 782. The van der Waals surface area contributed by atoms with Crippen molar-refractivity contribution in [2.24, 2.45) is 0 Å². The molecule has 0 N–H and O–H groups in total. The quantitative estimate of drug-likeness (QED) is 0.632. The Hall–Kier alpha value is -2.37. The maximum atomic E-state index is 13.2. The molecule has 2 aliphatic rings. The first kappa shape index (κ1) is 20.9. The van der Waals surface area contributed by atoms with E-state index >= 15 is 0 Å². The molecule has 30 heavy (non-hydrogen) atoms. The van der Waals surface area contributed by atoms with E-state index in [-0.39, 0.29) is 5.91 Å². The number of carbonyl (C=O) groups is 1. The van der Waals surface area contributed by atoms with Gasteiger partial charge in [0.1, 0.15) is 12.4 Å². The summed E-state index contributed by atoms with van der Waals surface area (Å²) >= 11 is 0. The minimum Gasteiger partial charge on any atom is -0.492 e. The summed E-state index contributed by atoms with van der Waals surface area (Å²) in [5.41, 5.74) is 1.65. The summed E-state index contributed by atoms with van der Waals surface area (Å²) in [6, 6.07) is 17.6. The Balaban J connectivity index is 1.40. The normalized spacial score (nSPS) is 17.3. The summed E-state index contributed by atoms with van der Waals surface area (Å²) in [6.45, 7) is 7.95. The molecule has 0 saturated carbocycles. The highest BCUT2D eigenvalue weighted by Gasteiger charge is 2.20. The van der Waals surface area contributed by atoms with Crippen LogP contribution < -0.4 is 9.64 Å². The Kier molecular flexibility index (Phi) is 7.38. The van der Waals surface area contributed by atoms with Gasteiger partial charge in [0, 0.05) is 30.9 Å². The Morgan fingerprint density at radius 1 is 0.800 bits per heavy atom. The summed E-state index contributed by atoms with van der Waals surface area (Å²) in [4.78, 5) is 20.0. The number of hydrogen-bond donors (Lipinski definition) is 0. The van der Waals surface area contributed by atoms with E-state index < -0.39 is 0 Å². The van der Waals surface area contributed by atoms with Crippen molar-refractivity contribution >= 4 is 11.6 Å². The SMILES string of the molecule is O=C(c1ccccc1)N(CCN1CCCC1)c1ccc(OCCN2CCCC2)cc1. The third-order valence-electron chi connectivity index (χ3n) is 6.13. The second kappa shape index (κ2) is 10.6. The molecule has 4 rings (SSSR count). The molecule has 5 nitrogen and oxygen atoms in total. The first-order chi connectivity index (χ1) is 14.8. The molecular weight excluding hydrogens is 374 g/mol. The lowest BCUT2D eigenvalue weighted by Gasteiger charge is -2.26. The fraction of sp³-hybridized carbons (Fsp3) is 0.480. The number of amides is 1. The van der Waals surface area contributed by atoms with Gasteiger partial charge in [-0.15, -0.1) is 0 Å². The number of rotatable bonds is 9. The van der Waals surface area contributed by atoms with Crippen molar-refractivity contribution in [3.8, 4) is 5.75 Å². The molecule has 2 aromatic carbocycles. The average molecular weight is 408 g/mol. The van der Waals surface area contributed by atoms with Crippen molar-refractivity contribution in [2.45, 2.75) is 25.7 Å². The molecule has 0 bridgehead atoms. The van der Waals surface area contributed by atoms with Crippen molar-refractivity contribution in [3.05, 3.63) is 60.2 Å². The molecule has 0 aromatic heterocycles. The van der Waals surface area contributed by atoms with Crippen molar-refractivity contribution in [1.82, 2.24) is 9.80 Å². The Morgan fingerprint density at radius 2 is 1.40 bits per heavy atom. The van der Waals surface area contributed by atoms with Gasteiger partial charge in [0.2, 0.25) is 0 Å². The minimum absolute atomic E-state index is 0.0532. The lowest BCUT2D eigenvalue weighted by Crippen LogP contribution is -2.38. The second-order valence-corrected chi connectivity index (χ2v) is 8.26. The van der Waals surface area contributed by atoms with Crippen LogP contribution in [0.1, 0.15) is 36.0 Å². The van der Waals surface area contributed by atoms with Crippen LogP contribution in [0.5, 0.6) is 5.75 Å². The van der Waals surface area contributed by atoms with E-state index in [9.17, 15) is 4.79 Å². The number of ether oxygens (including phenoxy) is 1. The summed E-state index contributed by atoms with van der Waals surface area (Å²) in [6.07, 6.45) is 5.13. The molecule has 0 spiro atoms. The van der Waals surface area contributed by atoms with Crippen LogP contribution in [0.3, 0.4) is 0 Å². The number of benzene rings is 2. The highest BCUT2D eigenvalue weighted by molar-refractivity contribution is 6.06. The van der Waals surface area contributed by atoms with Gasteiger partial charge in [0.05, 0.1) is 0 Å². The smallest absolute Gasteiger partial charge is 0.258 e. The van der Waals surface area contributed by atoms with Crippen molar-refractivity contribution in [3.63, 3.8) is 0 Å². The van der Waals surface area contributed by atoms with Gasteiger partial charge in [0.25, 0.3) is 5.91 Å². The van der Waals surface area contributed by atoms with Gasteiger partial charge in [-0.2, -0.15) is 0 Å². The van der Waals surface area contributed by atoms with E-state index in [4.69, 9.17) is 4.74 Å². The van der Waals surface area contributed by atoms with E-state index in [1.165, 1.54) is 38.8 Å². The monoisotopic (exact) mass is 407 g/mol. The lowest BCUT2D eigenvalue weighted by molar-refractivity contribution is 0.0984. The molecule has 1 amide bonds. The molecule has 2 heterocycles. The molecule has 2 fully saturated rings. The molecule has 0 radical (unpaired) electrons. The fourth-order valence-corrected chi connectivity index (χ4v) is 4.35. The van der Waals surface area contributed by atoms with Crippen molar-refractivity contribution in [2.75, 3.05) is 57.3 Å². The first-order valence-electron chi connectivity index (χ1n) is 11.3. The maximum absolute atomic E-state index is 13.2. The third-order valence-corrected chi connectivity index (χ3v) is 6.13. The lowest BCUT2D eigenvalue weighted by atomic mass is 10.1. The first-order valence-corrected chi connectivity index (χ1v) is 11.3. The van der Waals surface area contributed by atoms with E-state index in [0.717, 1.165) is 43.2 Å². The van der Waals surface area contributed by atoms with Crippen LogP contribution in [0, 0.1) is 0 Å². The van der Waals surface area contributed by atoms with Crippen LogP contribution in [-0.2, 0) is 0 Å². The average Bonchev–Trinajstić information content (AvgIpc) is 3.50. The molecule has 0 atom stereocenters. The van der Waals surface area contributed by atoms with Gasteiger partial charge in [0.15, 0.2) is 0 Å². The highest BCUT2D eigenvalue weighted by atomic mass is 16.5. The van der Waals surface area contributed by atoms with E-state index in [0.29, 0.717) is 13.2 Å². The standard InChI is InChI=1S/C25H33N3O2/c29-25(22-8-2-1-3-9-22)28(19-18-26-14-4-5-15-26)23-10-12-24(13-11-23)30-21-20-27-16-6-7-17-27/h1-3,8-13H,4-7,14-21H2. The highest BCUT2D eigenvalue weighted by Crippen LogP contribution is 2.22. The largest absolute Gasteiger partial charge is 0.492 e. The molecule has 0 unspecified atom stereocenters. The predicted octanol–water partition coefficient (Wildman–Crippen LogP) is 3.90. The van der Waals surface area contributed by atoms with Crippen LogP contribution in [-0.4, -0.2) is 68.1 Å². The number of carbonyl (C=O) groups excluding carboxylic acids is 1. The molecule has 2 saturated heterocycles. The second-order valence-electron chi connectivity index (χ2n) is 8.26. The zero-order chi connectivity index (χ0) is 20.6. The molecule has 5 heteroatoms. The van der Waals surface area contributed by atoms with E-state index in [1.807, 2.05) is 59.5 Å². The van der Waals surface area contributed by atoms with Gasteiger partial charge < -0.3 is 14.5 Å². The predicted molar refractivity (Wildman–Crippen MR) is 121 cm³/mol. The number of hydrogen-bond acceptors (Lipinski definition) is 4. The molecular formula is C25H33N3O2. The zero-order valence-electron chi connectivity index (χ0n) is 17.8. The van der Waals surface area contributed by atoms with Gasteiger partial charge in [-0.1, -0.05) is 18.2 Å². The Labute approximate surface area is 180 Å². The number of likely N-dealkylation sites (tertiary alicyclic amines) is 2. The molecule has 160 valence electrons. The van der Waals surface area contributed by atoms with Crippen LogP contribution in [0.4, 0.5) is 5.69 Å². The fourth-order valence-electron chi connectivity index (χ4n) is 4.35. The van der Waals surface area contributed by atoms with E-state index in [2.05, 4.69) is 9.80 Å². The van der Waals surface area contributed by atoms with Crippen molar-refractivity contribution < 1.29 is 9.53 Å². The number of anilines is 1. The summed E-state index contributed by atoms with van der Waals surface area (Å²) in [5.74, 6) is 0.919. The molecule has 2 aliphatic heterocycles. The van der Waals surface area contributed by atoms with Crippen LogP contribution in [0.25, 0.3) is 0 Å². The Morgan fingerprint density at radius 3 is 2.03 bits per heavy atom. The summed E-state index contributed by atoms with van der Waals surface area (Å²) < 4.78 is 5.94. The van der Waals surface area contributed by atoms with Crippen molar-refractivity contribution in [1.29, 1.82) is 0 Å². The van der Waals surface area contributed by atoms with Gasteiger partial charge >= 0.3 is 0 Å². The summed E-state index contributed by atoms with van der Waals surface area (Å²) in [5, 5.41) is 0. The van der Waals surface area contributed by atoms with E-state index in [1.54, 1.807) is 0 Å². The number of nitrogens with zero attached hydrogens (tertiary/aromatic N) is 3. The van der Waals surface area contributed by atoms with Crippen LogP contribution in [0.2, 0.25) is 0 Å². The molecule has 0 aliphatic carbocycles. The van der Waals surface area contributed by atoms with Crippen LogP contribution >= 0.6 is 0 Å². The van der Waals surface area contributed by atoms with Crippen LogP contribution in [0.15, 0.2) is 54.6 Å². The summed E-state index contributed by atoms with van der Waals surface area (Å²) in [7, 11) is 0. The minimum atomic E-state index is 0.0532. The topological polar surface area (TPSA) is 36.0 Å². The van der Waals surface area contributed by atoms with Gasteiger partial charge in [-0.05, 0) is 88.3 Å². The maximum Gasteiger partial charge on any atom is 0.258 e. The third kappa shape index (κ3) is 5.61. The van der Waals surface area contributed by atoms with Gasteiger partial charge in [-0.3, -0.25) is 9.69 Å². The van der Waals surface area contributed by atoms with Gasteiger partial charge in [-0.25, -0.2) is 0 Å².